The lowest BCUT2D eigenvalue weighted by Crippen LogP contribution is -2.30. The van der Waals surface area contributed by atoms with E-state index < -0.39 is 26.2 Å². The molecule has 0 aliphatic carbocycles. The van der Waals surface area contributed by atoms with Crippen molar-refractivity contribution >= 4 is 25.7 Å². The van der Waals surface area contributed by atoms with E-state index in [-0.39, 0.29) is 0 Å². The molecular formula is C5H9ClO4S. The highest BCUT2D eigenvalue weighted by Crippen LogP contribution is 2.19. The molecule has 0 aromatic carbocycles. The number of halogens is 1. The van der Waals surface area contributed by atoms with Gasteiger partial charge < -0.3 is 5.11 Å². The molecule has 66 valence electrons. The largest absolute Gasteiger partial charge is 0.481 e. The standard InChI is InChI=1S/C5H9ClO4S/c1-5(2,4(7)8)3-11(6,9)10/h3H2,1-2H3,(H,7,8). The van der Waals surface area contributed by atoms with Crippen molar-refractivity contribution in [1.82, 2.24) is 0 Å². The van der Waals surface area contributed by atoms with Crippen LogP contribution in [0.1, 0.15) is 13.8 Å². The molecule has 0 aliphatic heterocycles. The molecule has 0 saturated heterocycles. The first-order chi connectivity index (χ1) is 4.65. The van der Waals surface area contributed by atoms with E-state index in [1.807, 2.05) is 0 Å². The summed E-state index contributed by atoms with van der Waals surface area (Å²) < 4.78 is 20.9. The average molecular weight is 201 g/mol. The Balaban J connectivity index is 4.51. The topological polar surface area (TPSA) is 71.4 Å². The fourth-order valence-corrected chi connectivity index (χ4v) is 2.30. The molecule has 0 aromatic heterocycles. The predicted molar refractivity (Wildman–Crippen MR) is 41.1 cm³/mol. The zero-order valence-electron chi connectivity index (χ0n) is 6.17. The Morgan fingerprint density at radius 3 is 2.00 bits per heavy atom. The van der Waals surface area contributed by atoms with Gasteiger partial charge in [-0.1, -0.05) is 0 Å². The quantitative estimate of drug-likeness (QED) is 0.680. The second-order valence-electron chi connectivity index (χ2n) is 2.87. The van der Waals surface area contributed by atoms with Crippen LogP contribution in [0.15, 0.2) is 0 Å². The third kappa shape index (κ3) is 4.21. The summed E-state index contributed by atoms with van der Waals surface area (Å²) in [5.41, 5.74) is -1.32. The Bertz CT molecular complexity index is 254. The summed E-state index contributed by atoms with van der Waals surface area (Å²) in [6.07, 6.45) is 0. The van der Waals surface area contributed by atoms with Crippen LogP contribution in [-0.4, -0.2) is 25.2 Å². The molecule has 11 heavy (non-hydrogen) atoms. The van der Waals surface area contributed by atoms with Gasteiger partial charge in [-0.25, -0.2) is 8.42 Å². The first kappa shape index (κ1) is 10.7. The molecule has 0 bridgehead atoms. The maximum absolute atomic E-state index is 10.5. The molecule has 0 unspecified atom stereocenters. The summed E-state index contributed by atoms with van der Waals surface area (Å²) in [6.45, 7) is 2.60. The van der Waals surface area contributed by atoms with Gasteiger partial charge >= 0.3 is 5.97 Å². The van der Waals surface area contributed by atoms with E-state index in [2.05, 4.69) is 0 Å². The lowest BCUT2D eigenvalue weighted by atomic mass is 9.97. The van der Waals surface area contributed by atoms with Crippen molar-refractivity contribution in [3.8, 4) is 0 Å². The summed E-state index contributed by atoms with van der Waals surface area (Å²) in [4.78, 5) is 10.4. The van der Waals surface area contributed by atoms with Crippen LogP contribution >= 0.6 is 10.7 Å². The minimum atomic E-state index is -3.74. The monoisotopic (exact) mass is 200 g/mol. The SMILES string of the molecule is CC(C)(CS(=O)(=O)Cl)C(=O)O. The summed E-state index contributed by atoms with van der Waals surface area (Å²) in [5.74, 6) is -1.74. The molecule has 0 radical (unpaired) electrons. The second-order valence-corrected chi connectivity index (χ2v) is 5.65. The number of carbonyl (C=O) groups is 1. The van der Waals surface area contributed by atoms with Crippen molar-refractivity contribution in [3.05, 3.63) is 0 Å². The molecule has 0 aromatic rings. The molecule has 0 heterocycles. The summed E-state index contributed by atoms with van der Waals surface area (Å²) in [5, 5.41) is 8.48. The van der Waals surface area contributed by atoms with Gasteiger partial charge in [0, 0.05) is 10.7 Å². The molecular weight excluding hydrogens is 192 g/mol. The second kappa shape index (κ2) is 2.98. The Morgan fingerprint density at radius 1 is 1.55 bits per heavy atom. The molecule has 4 nitrogen and oxygen atoms in total. The van der Waals surface area contributed by atoms with Crippen molar-refractivity contribution in [2.24, 2.45) is 5.41 Å². The van der Waals surface area contributed by atoms with Gasteiger partial charge in [0.2, 0.25) is 9.05 Å². The van der Waals surface area contributed by atoms with Crippen molar-refractivity contribution in [3.63, 3.8) is 0 Å². The first-order valence-corrected chi connectivity index (χ1v) is 5.29. The number of hydrogen-bond acceptors (Lipinski definition) is 3. The maximum Gasteiger partial charge on any atom is 0.310 e. The molecule has 0 rings (SSSR count). The molecule has 0 fully saturated rings. The number of carboxylic acids is 1. The Morgan fingerprint density at radius 2 is 1.91 bits per heavy atom. The molecule has 0 atom stereocenters. The predicted octanol–water partition coefficient (Wildman–Crippen LogP) is 0.666. The Kier molecular flexibility index (Phi) is 2.91. The van der Waals surface area contributed by atoms with Gasteiger partial charge in [0.25, 0.3) is 0 Å². The van der Waals surface area contributed by atoms with Crippen LogP contribution < -0.4 is 0 Å². The Labute approximate surface area is 69.6 Å². The summed E-state index contributed by atoms with van der Waals surface area (Å²) in [7, 11) is 1.14. The van der Waals surface area contributed by atoms with E-state index in [1.54, 1.807) is 0 Å². The summed E-state index contributed by atoms with van der Waals surface area (Å²) >= 11 is 0. The minimum absolute atomic E-state index is 0.559. The van der Waals surface area contributed by atoms with Gasteiger partial charge in [0.1, 0.15) is 0 Å². The van der Waals surface area contributed by atoms with Gasteiger partial charge in [-0.15, -0.1) is 0 Å². The van der Waals surface area contributed by atoms with E-state index in [0.29, 0.717) is 0 Å². The van der Waals surface area contributed by atoms with Gasteiger partial charge in [-0.2, -0.15) is 0 Å². The molecule has 6 heteroatoms. The molecule has 0 spiro atoms. The van der Waals surface area contributed by atoms with Crippen LogP contribution in [0.3, 0.4) is 0 Å². The highest BCUT2D eigenvalue weighted by atomic mass is 35.7. The van der Waals surface area contributed by atoms with Crippen molar-refractivity contribution in [2.75, 3.05) is 5.75 Å². The zero-order chi connectivity index (χ0) is 9.28. The van der Waals surface area contributed by atoms with Gasteiger partial charge in [0.05, 0.1) is 11.2 Å². The highest BCUT2D eigenvalue weighted by Gasteiger charge is 2.32. The van der Waals surface area contributed by atoms with E-state index in [4.69, 9.17) is 15.8 Å². The van der Waals surface area contributed by atoms with Gasteiger partial charge in [-0.3, -0.25) is 4.79 Å². The molecule has 0 amide bonds. The average Bonchev–Trinajstić information content (AvgIpc) is 1.56. The maximum atomic E-state index is 10.5. The fraction of sp³-hybridized carbons (Fsp3) is 0.800. The smallest absolute Gasteiger partial charge is 0.310 e. The van der Waals surface area contributed by atoms with Crippen molar-refractivity contribution < 1.29 is 18.3 Å². The molecule has 1 N–H and O–H groups in total. The van der Waals surface area contributed by atoms with E-state index in [9.17, 15) is 13.2 Å². The van der Waals surface area contributed by atoms with Crippen molar-refractivity contribution in [1.29, 1.82) is 0 Å². The van der Waals surface area contributed by atoms with E-state index in [0.717, 1.165) is 0 Å². The van der Waals surface area contributed by atoms with E-state index >= 15 is 0 Å². The Hall–Kier alpha value is -0.290. The molecule has 0 saturated carbocycles. The van der Waals surface area contributed by atoms with Gasteiger partial charge in [0.15, 0.2) is 0 Å². The summed E-state index contributed by atoms with van der Waals surface area (Å²) in [6, 6.07) is 0. The number of aliphatic carboxylic acids is 1. The van der Waals surface area contributed by atoms with Crippen molar-refractivity contribution in [2.45, 2.75) is 13.8 Å². The van der Waals surface area contributed by atoms with E-state index in [1.165, 1.54) is 13.8 Å². The molecule has 0 aliphatic rings. The third-order valence-electron chi connectivity index (χ3n) is 1.11. The third-order valence-corrected chi connectivity index (χ3v) is 2.51. The minimum Gasteiger partial charge on any atom is -0.481 e. The lowest BCUT2D eigenvalue weighted by molar-refractivity contribution is -0.145. The fourth-order valence-electron chi connectivity index (χ4n) is 0.493. The number of hydrogen-bond donors (Lipinski definition) is 1. The van der Waals surface area contributed by atoms with Crippen LogP contribution in [0.2, 0.25) is 0 Å². The van der Waals surface area contributed by atoms with Crippen LogP contribution in [0.25, 0.3) is 0 Å². The van der Waals surface area contributed by atoms with Gasteiger partial charge in [-0.05, 0) is 13.8 Å². The first-order valence-electron chi connectivity index (χ1n) is 2.81. The van der Waals surface area contributed by atoms with Crippen LogP contribution in [0.5, 0.6) is 0 Å². The van der Waals surface area contributed by atoms with Crippen LogP contribution in [0, 0.1) is 5.41 Å². The zero-order valence-corrected chi connectivity index (χ0v) is 7.74. The normalized spacial score (nSPS) is 13.0. The number of rotatable bonds is 3. The van der Waals surface area contributed by atoms with Crippen LogP contribution in [-0.2, 0) is 13.8 Å². The lowest BCUT2D eigenvalue weighted by Gasteiger charge is -2.15. The highest BCUT2D eigenvalue weighted by molar-refractivity contribution is 8.13. The van der Waals surface area contributed by atoms with Crippen LogP contribution in [0.4, 0.5) is 0 Å². The number of carboxylic acid groups (broad SMARTS) is 1.